The number of carboxylic acids is 1. The van der Waals surface area contributed by atoms with Gasteiger partial charge in [-0.15, -0.1) is 0 Å². The normalized spacial score (nSPS) is 24.7. The van der Waals surface area contributed by atoms with Gasteiger partial charge in [0.1, 0.15) is 11.7 Å². The maximum absolute atomic E-state index is 11.8. The number of β-amino-alcohol motifs (C(OH)–C–C–N with tert-alkyl or cyclic N) is 1. The number of aromatic nitrogens is 2. The van der Waals surface area contributed by atoms with Crippen molar-refractivity contribution in [2.24, 2.45) is 0 Å². The molecule has 7 heteroatoms. The van der Waals surface area contributed by atoms with Crippen molar-refractivity contribution in [3.8, 4) is 0 Å². The second kappa shape index (κ2) is 3.93. The zero-order chi connectivity index (χ0) is 11.7. The fourth-order valence-electron chi connectivity index (χ4n) is 1.80. The summed E-state index contributed by atoms with van der Waals surface area (Å²) >= 11 is 0. The summed E-state index contributed by atoms with van der Waals surface area (Å²) in [5, 5.41) is 24.4. The summed E-state index contributed by atoms with van der Waals surface area (Å²) in [7, 11) is 0. The minimum Gasteiger partial charge on any atom is -0.480 e. The number of aromatic amines is 1. The molecule has 2 atom stereocenters. The second-order valence-electron chi connectivity index (χ2n) is 3.67. The summed E-state index contributed by atoms with van der Waals surface area (Å²) in [6.45, 7) is 0.0365. The van der Waals surface area contributed by atoms with Crippen LogP contribution in [0.2, 0.25) is 0 Å². The topological polar surface area (TPSA) is 107 Å². The molecule has 1 amide bonds. The molecule has 1 aliphatic rings. The Kier molecular flexibility index (Phi) is 2.61. The van der Waals surface area contributed by atoms with Crippen LogP contribution in [0.4, 0.5) is 0 Å². The minimum atomic E-state index is -1.11. The predicted molar refractivity (Wildman–Crippen MR) is 51.7 cm³/mol. The van der Waals surface area contributed by atoms with E-state index >= 15 is 0 Å². The van der Waals surface area contributed by atoms with Crippen molar-refractivity contribution in [2.75, 3.05) is 6.54 Å². The molecule has 1 aromatic heterocycles. The Bertz CT molecular complexity index is 403. The number of aliphatic carboxylic acids is 1. The van der Waals surface area contributed by atoms with Gasteiger partial charge in [0.2, 0.25) is 0 Å². The average Bonchev–Trinajstić information content (AvgIpc) is 2.84. The lowest BCUT2D eigenvalue weighted by molar-refractivity contribution is -0.141. The molecule has 0 bridgehead atoms. The van der Waals surface area contributed by atoms with Gasteiger partial charge in [-0.3, -0.25) is 9.89 Å². The van der Waals surface area contributed by atoms with Gasteiger partial charge in [0.05, 0.1) is 6.10 Å². The van der Waals surface area contributed by atoms with Crippen LogP contribution in [0.1, 0.15) is 16.9 Å². The maximum Gasteiger partial charge on any atom is 0.326 e. The number of carbonyl (C=O) groups is 2. The molecular formula is C9H11N3O4. The van der Waals surface area contributed by atoms with E-state index in [4.69, 9.17) is 5.11 Å². The van der Waals surface area contributed by atoms with Crippen LogP contribution in [-0.4, -0.2) is 55.9 Å². The Morgan fingerprint density at radius 1 is 1.56 bits per heavy atom. The van der Waals surface area contributed by atoms with Crippen LogP contribution >= 0.6 is 0 Å². The van der Waals surface area contributed by atoms with Crippen molar-refractivity contribution in [3.05, 3.63) is 18.0 Å². The van der Waals surface area contributed by atoms with E-state index in [1.54, 1.807) is 0 Å². The first-order chi connectivity index (χ1) is 7.59. The van der Waals surface area contributed by atoms with E-state index in [0.717, 1.165) is 4.90 Å². The Hall–Kier alpha value is -1.89. The van der Waals surface area contributed by atoms with Gasteiger partial charge >= 0.3 is 5.97 Å². The number of nitrogens with zero attached hydrogens (tertiary/aromatic N) is 2. The second-order valence-corrected chi connectivity index (χ2v) is 3.67. The van der Waals surface area contributed by atoms with Gasteiger partial charge in [-0.1, -0.05) is 0 Å². The fraction of sp³-hybridized carbons (Fsp3) is 0.444. The molecule has 16 heavy (non-hydrogen) atoms. The quantitative estimate of drug-likeness (QED) is 0.602. The van der Waals surface area contributed by atoms with Crippen molar-refractivity contribution < 1.29 is 19.8 Å². The van der Waals surface area contributed by atoms with Gasteiger partial charge in [-0.2, -0.15) is 5.10 Å². The Balaban J connectivity index is 2.20. The number of nitrogens with one attached hydrogen (secondary N) is 1. The number of H-pyrrole nitrogens is 1. The minimum absolute atomic E-state index is 0.0365. The molecule has 1 aliphatic heterocycles. The van der Waals surface area contributed by atoms with E-state index in [1.807, 2.05) is 0 Å². The number of rotatable bonds is 2. The summed E-state index contributed by atoms with van der Waals surface area (Å²) in [5.74, 6) is -1.56. The number of likely N-dealkylation sites (tertiary alicyclic amines) is 1. The third-order valence-corrected chi connectivity index (χ3v) is 2.56. The summed E-state index contributed by atoms with van der Waals surface area (Å²) in [5.41, 5.74) is 0.223. The highest BCUT2D eigenvalue weighted by atomic mass is 16.4. The highest BCUT2D eigenvalue weighted by molar-refractivity contribution is 5.95. The SMILES string of the molecule is O=C(O)[C@@H]1C[C@@H](O)CN1C(=O)c1ccn[nH]1. The molecule has 86 valence electrons. The zero-order valence-electron chi connectivity index (χ0n) is 8.33. The highest BCUT2D eigenvalue weighted by Crippen LogP contribution is 2.20. The molecule has 1 aromatic rings. The van der Waals surface area contributed by atoms with Gasteiger partial charge in [0, 0.05) is 19.2 Å². The molecule has 0 saturated carbocycles. The molecular weight excluding hydrogens is 214 g/mol. The molecule has 2 rings (SSSR count). The standard InChI is InChI=1S/C9H11N3O4/c13-5-3-7(9(15)16)12(4-5)8(14)6-1-2-10-11-6/h1-2,5,7,13H,3-4H2,(H,10,11)(H,15,16)/t5-,7+/m1/s1. The first-order valence-electron chi connectivity index (χ1n) is 4.81. The van der Waals surface area contributed by atoms with Crippen molar-refractivity contribution in [1.29, 1.82) is 0 Å². The smallest absolute Gasteiger partial charge is 0.326 e. The summed E-state index contributed by atoms with van der Waals surface area (Å²) in [6, 6.07) is 0.497. The average molecular weight is 225 g/mol. The lowest BCUT2D eigenvalue weighted by atomic mass is 10.2. The molecule has 0 aliphatic carbocycles. The van der Waals surface area contributed by atoms with E-state index in [0.29, 0.717) is 0 Å². The molecule has 0 radical (unpaired) electrons. The molecule has 3 N–H and O–H groups in total. The van der Waals surface area contributed by atoms with E-state index in [2.05, 4.69) is 10.2 Å². The lowest BCUT2D eigenvalue weighted by Crippen LogP contribution is -2.40. The van der Waals surface area contributed by atoms with Crippen LogP contribution in [0.25, 0.3) is 0 Å². The molecule has 7 nitrogen and oxygen atoms in total. The summed E-state index contributed by atoms with van der Waals surface area (Å²) in [4.78, 5) is 23.9. The highest BCUT2D eigenvalue weighted by Gasteiger charge is 2.39. The maximum atomic E-state index is 11.8. The molecule has 0 spiro atoms. The van der Waals surface area contributed by atoms with Crippen LogP contribution in [0.5, 0.6) is 0 Å². The van der Waals surface area contributed by atoms with Crippen molar-refractivity contribution >= 4 is 11.9 Å². The van der Waals surface area contributed by atoms with Crippen LogP contribution in [-0.2, 0) is 4.79 Å². The number of aliphatic hydroxyl groups is 1. The Morgan fingerprint density at radius 3 is 2.88 bits per heavy atom. The molecule has 2 heterocycles. The monoisotopic (exact) mass is 225 g/mol. The molecule has 1 saturated heterocycles. The van der Waals surface area contributed by atoms with Crippen LogP contribution in [0, 0.1) is 0 Å². The Morgan fingerprint density at radius 2 is 2.31 bits per heavy atom. The number of amides is 1. The van der Waals surface area contributed by atoms with Crippen LogP contribution < -0.4 is 0 Å². The third-order valence-electron chi connectivity index (χ3n) is 2.56. The number of carbonyl (C=O) groups excluding carboxylic acids is 1. The van der Waals surface area contributed by atoms with E-state index in [1.165, 1.54) is 12.3 Å². The van der Waals surface area contributed by atoms with Crippen molar-refractivity contribution in [3.63, 3.8) is 0 Å². The molecule has 1 fully saturated rings. The van der Waals surface area contributed by atoms with Crippen LogP contribution in [0.3, 0.4) is 0 Å². The van der Waals surface area contributed by atoms with Gasteiger partial charge in [0.25, 0.3) is 5.91 Å². The van der Waals surface area contributed by atoms with Gasteiger partial charge < -0.3 is 15.1 Å². The first kappa shape index (κ1) is 10.6. The van der Waals surface area contributed by atoms with Gasteiger partial charge in [-0.05, 0) is 6.07 Å². The van der Waals surface area contributed by atoms with Crippen molar-refractivity contribution in [1.82, 2.24) is 15.1 Å². The zero-order valence-corrected chi connectivity index (χ0v) is 8.33. The number of carboxylic acid groups (broad SMARTS) is 1. The van der Waals surface area contributed by atoms with Crippen LogP contribution in [0.15, 0.2) is 12.3 Å². The lowest BCUT2D eigenvalue weighted by Gasteiger charge is -2.19. The predicted octanol–water partition coefficient (Wildman–Crippen LogP) is -0.930. The van der Waals surface area contributed by atoms with E-state index < -0.39 is 24.0 Å². The summed E-state index contributed by atoms with van der Waals surface area (Å²) in [6.07, 6.45) is 0.693. The molecule has 0 aromatic carbocycles. The van der Waals surface area contributed by atoms with Crippen molar-refractivity contribution in [2.45, 2.75) is 18.6 Å². The third kappa shape index (κ3) is 1.76. The van der Waals surface area contributed by atoms with E-state index in [-0.39, 0.29) is 18.7 Å². The largest absolute Gasteiger partial charge is 0.480 e. The Labute approximate surface area is 90.7 Å². The van der Waals surface area contributed by atoms with E-state index in [9.17, 15) is 14.7 Å². The van der Waals surface area contributed by atoms with Gasteiger partial charge in [-0.25, -0.2) is 4.79 Å². The number of hydrogen-bond acceptors (Lipinski definition) is 4. The first-order valence-corrected chi connectivity index (χ1v) is 4.81. The fourth-order valence-corrected chi connectivity index (χ4v) is 1.80. The molecule has 0 unspecified atom stereocenters. The number of aliphatic hydroxyl groups excluding tert-OH is 1. The summed E-state index contributed by atoms with van der Waals surface area (Å²) < 4.78 is 0. The number of hydrogen-bond donors (Lipinski definition) is 3. The van der Waals surface area contributed by atoms with Gasteiger partial charge in [0.15, 0.2) is 0 Å².